The normalized spacial score (nSPS) is 17.8. The molecule has 3 heterocycles. The highest BCUT2D eigenvalue weighted by Gasteiger charge is 2.40. The molecule has 7 nitrogen and oxygen atoms in total. The van der Waals surface area contributed by atoms with E-state index >= 15 is 0 Å². The number of aromatic nitrogens is 1. The molecule has 1 aliphatic rings. The lowest BCUT2D eigenvalue weighted by molar-refractivity contribution is -0.123. The predicted octanol–water partition coefficient (Wildman–Crippen LogP) is 4.15. The average Bonchev–Trinajstić information content (AvgIpc) is 3.44. The molecule has 0 radical (unpaired) electrons. The van der Waals surface area contributed by atoms with Crippen LogP contribution in [0.1, 0.15) is 19.3 Å². The Morgan fingerprint density at radius 1 is 1.25 bits per heavy atom. The zero-order chi connectivity index (χ0) is 22.9. The number of sulfonamides is 1. The van der Waals surface area contributed by atoms with Crippen molar-refractivity contribution in [1.29, 1.82) is 0 Å². The van der Waals surface area contributed by atoms with Gasteiger partial charge in [0.2, 0.25) is 5.91 Å². The van der Waals surface area contributed by atoms with Crippen molar-refractivity contribution < 1.29 is 13.2 Å². The van der Waals surface area contributed by atoms with Gasteiger partial charge in [-0.1, -0.05) is 35.4 Å². The van der Waals surface area contributed by atoms with Gasteiger partial charge in [-0.3, -0.25) is 9.69 Å². The van der Waals surface area contributed by atoms with Crippen LogP contribution in [0, 0.1) is 0 Å². The first-order chi connectivity index (χ1) is 15.3. The second-order valence-corrected chi connectivity index (χ2v) is 12.5. The number of rotatable bonds is 7. The Bertz CT molecular complexity index is 1190. The van der Waals surface area contributed by atoms with E-state index < -0.39 is 16.1 Å². The molecule has 0 spiro atoms. The minimum atomic E-state index is -3.73. The molecule has 172 valence electrons. The van der Waals surface area contributed by atoms with Gasteiger partial charge < -0.3 is 4.90 Å². The van der Waals surface area contributed by atoms with Crippen molar-refractivity contribution >= 4 is 65.6 Å². The molecule has 11 heteroatoms. The number of anilines is 1. The second kappa shape index (κ2) is 9.74. The molecule has 3 aromatic rings. The van der Waals surface area contributed by atoms with Crippen molar-refractivity contribution in [3.8, 4) is 0 Å². The van der Waals surface area contributed by atoms with E-state index in [9.17, 15) is 13.2 Å². The van der Waals surface area contributed by atoms with Crippen LogP contribution in [0.4, 0.5) is 5.13 Å². The Morgan fingerprint density at radius 2 is 2.06 bits per heavy atom. The zero-order valence-corrected chi connectivity index (χ0v) is 21.1. The summed E-state index contributed by atoms with van der Waals surface area (Å²) in [6.07, 6.45) is 2.05. The molecule has 1 aliphatic heterocycles. The smallest absolute Gasteiger partial charge is 0.253 e. The fourth-order valence-electron chi connectivity index (χ4n) is 3.75. The number of amides is 1. The van der Waals surface area contributed by atoms with Crippen LogP contribution in [-0.4, -0.2) is 68.3 Å². The van der Waals surface area contributed by atoms with E-state index in [1.807, 2.05) is 31.1 Å². The fourth-order valence-corrected chi connectivity index (χ4v) is 7.79. The number of hydrogen-bond acceptors (Lipinski definition) is 7. The molecule has 1 atom stereocenters. The van der Waals surface area contributed by atoms with E-state index in [0.29, 0.717) is 36.2 Å². The van der Waals surface area contributed by atoms with Crippen LogP contribution in [0.3, 0.4) is 0 Å². The maximum Gasteiger partial charge on any atom is 0.253 e. The Kier molecular flexibility index (Phi) is 7.18. The summed E-state index contributed by atoms with van der Waals surface area (Å²) in [5.41, 5.74) is 0.767. The van der Waals surface area contributed by atoms with Crippen LogP contribution in [0.15, 0.2) is 39.9 Å². The molecule has 1 amide bonds. The molecule has 4 rings (SSSR count). The van der Waals surface area contributed by atoms with Gasteiger partial charge >= 0.3 is 0 Å². The predicted molar refractivity (Wildman–Crippen MR) is 131 cm³/mol. The molecule has 0 bridgehead atoms. The van der Waals surface area contributed by atoms with Gasteiger partial charge in [0.15, 0.2) is 5.13 Å². The van der Waals surface area contributed by atoms with Crippen molar-refractivity contribution in [3.05, 3.63) is 40.7 Å². The Hall–Kier alpha value is -1.56. The lowest BCUT2D eigenvalue weighted by atomic mass is 10.0. The van der Waals surface area contributed by atoms with Gasteiger partial charge in [0.25, 0.3) is 10.0 Å². The van der Waals surface area contributed by atoms with Crippen LogP contribution < -0.4 is 4.90 Å². The highest BCUT2D eigenvalue weighted by atomic mass is 35.5. The first kappa shape index (κ1) is 23.6. The fraction of sp³-hybridized carbons (Fsp3) is 0.429. The maximum absolute atomic E-state index is 13.8. The van der Waals surface area contributed by atoms with Crippen molar-refractivity contribution in [2.75, 3.05) is 38.6 Å². The molecule has 1 saturated heterocycles. The number of benzene rings is 1. The first-order valence-corrected chi connectivity index (χ1v) is 13.9. The molecule has 32 heavy (non-hydrogen) atoms. The van der Waals surface area contributed by atoms with E-state index in [1.165, 1.54) is 27.0 Å². The summed E-state index contributed by atoms with van der Waals surface area (Å²) >= 11 is 8.70. The number of likely N-dealkylation sites (N-methyl/N-ethyl adjacent to an activating group) is 1. The lowest BCUT2D eigenvalue weighted by Crippen LogP contribution is -2.53. The summed E-state index contributed by atoms with van der Waals surface area (Å²) in [5, 5.41) is 2.91. The van der Waals surface area contributed by atoms with E-state index in [0.717, 1.165) is 23.1 Å². The van der Waals surface area contributed by atoms with E-state index in [-0.39, 0.29) is 10.1 Å². The minimum Gasteiger partial charge on any atom is -0.308 e. The first-order valence-electron chi connectivity index (χ1n) is 10.3. The second-order valence-electron chi connectivity index (χ2n) is 7.96. The molecule has 1 fully saturated rings. The van der Waals surface area contributed by atoms with Gasteiger partial charge in [0.1, 0.15) is 10.3 Å². The third kappa shape index (κ3) is 4.85. The molecule has 1 aromatic carbocycles. The van der Waals surface area contributed by atoms with Gasteiger partial charge in [-0.05, 0) is 56.6 Å². The van der Waals surface area contributed by atoms with Gasteiger partial charge in [0, 0.05) is 24.7 Å². The number of thiazole rings is 1. The summed E-state index contributed by atoms with van der Waals surface area (Å²) in [7, 11) is 0.148. The topological polar surface area (TPSA) is 73.8 Å². The zero-order valence-electron chi connectivity index (χ0n) is 17.9. The molecule has 0 saturated carbocycles. The lowest BCUT2D eigenvalue weighted by Gasteiger charge is -2.36. The highest BCUT2D eigenvalue weighted by Crippen LogP contribution is 2.34. The van der Waals surface area contributed by atoms with Gasteiger partial charge in [-0.25, -0.2) is 13.4 Å². The Labute approximate surface area is 201 Å². The third-order valence-electron chi connectivity index (χ3n) is 5.40. The molecule has 0 N–H and O–H groups in total. The quantitative estimate of drug-likeness (QED) is 0.475. The standard InChI is InChI=1S/C21H25ClN4O3S3/c1-24(2)11-12-25(21-23-16-9-8-15(22)14-18(16)31-21)20(27)17-6-3-4-10-26(17)32(28,29)19-7-5-13-30-19/h5,7-9,13-14,17H,3-4,6,10-12H2,1-2H3. The summed E-state index contributed by atoms with van der Waals surface area (Å²) in [6.45, 7) is 1.39. The molecule has 2 aromatic heterocycles. The van der Waals surface area contributed by atoms with Crippen LogP contribution in [0.25, 0.3) is 10.2 Å². The molecule has 0 aliphatic carbocycles. The van der Waals surface area contributed by atoms with Crippen molar-refractivity contribution in [3.63, 3.8) is 0 Å². The van der Waals surface area contributed by atoms with E-state index in [4.69, 9.17) is 11.6 Å². The van der Waals surface area contributed by atoms with Crippen LogP contribution in [0.5, 0.6) is 0 Å². The number of halogens is 1. The number of nitrogens with zero attached hydrogens (tertiary/aromatic N) is 4. The molecular weight excluding hydrogens is 488 g/mol. The summed E-state index contributed by atoms with van der Waals surface area (Å²) < 4.78 is 29.1. The van der Waals surface area contributed by atoms with Gasteiger partial charge in [0.05, 0.1) is 10.2 Å². The van der Waals surface area contributed by atoms with Gasteiger partial charge in [-0.2, -0.15) is 4.31 Å². The number of hydrogen-bond donors (Lipinski definition) is 0. The minimum absolute atomic E-state index is 0.225. The maximum atomic E-state index is 13.8. The Morgan fingerprint density at radius 3 is 2.78 bits per heavy atom. The van der Waals surface area contributed by atoms with Crippen LogP contribution in [-0.2, 0) is 14.8 Å². The van der Waals surface area contributed by atoms with Crippen LogP contribution >= 0.6 is 34.3 Å². The number of carbonyl (C=O) groups excluding carboxylic acids is 1. The largest absolute Gasteiger partial charge is 0.308 e. The highest BCUT2D eigenvalue weighted by molar-refractivity contribution is 7.91. The third-order valence-corrected chi connectivity index (χ3v) is 9.96. The van der Waals surface area contributed by atoms with E-state index in [2.05, 4.69) is 4.98 Å². The number of carbonyl (C=O) groups is 1. The summed E-state index contributed by atoms with van der Waals surface area (Å²) in [4.78, 5) is 22.1. The number of fused-ring (bicyclic) bond motifs is 1. The Balaban J connectivity index is 1.69. The van der Waals surface area contributed by atoms with E-state index in [1.54, 1.807) is 28.5 Å². The van der Waals surface area contributed by atoms with Crippen molar-refractivity contribution in [2.24, 2.45) is 0 Å². The molecular formula is C21H25ClN4O3S3. The monoisotopic (exact) mass is 512 g/mol. The number of thiophene rings is 1. The van der Waals surface area contributed by atoms with Crippen molar-refractivity contribution in [2.45, 2.75) is 29.5 Å². The number of piperidine rings is 1. The van der Waals surface area contributed by atoms with Crippen LogP contribution in [0.2, 0.25) is 5.02 Å². The summed E-state index contributed by atoms with van der Waals surface area (Å²) in [6, 6.07) is 8.01. The molecule has 1 unspecified atom stereocenters. The van der Waals surface area contributed by atoms with Crippen molar-refractivity contribution in [1.82, 2.24) is 14.2 Å². The average molecular weight is 513 g/mol. The SMILES string of the molecule is CN(C)CCN(C(=O)C1CCCCN1S(=O)(=O)c1cccs1)c1nc2ccc(Cl)cc2s1. The van der Waals surface area contributed by atoms with Gasteiger partial charge in [-0.15, -0.1) is 11.3 Å². The summed E-state index contributed by atoms with van der Waals surface area (Å²) in [5.74, 6) is -0.225.